The van der Waals surface area contributed by atoms with Gasteiger partial charge in [0.05, 0.1) is 33.8 Å². The number of aromatic nitrogens is 3. The van der Waals surface area contributed by atoms with E-state index in [4.69, 9.17) is 9.97 Å². The molecular weight excluding hydrogens is 755 g/mol. The van der Waals surface area contributed by atoms with Gasteiger partial charge in [0.1, 0.15) is 0 Å². The summed E-state index contributed by atoms with van der Waals surface area (Å²) in [4.78, 5) is 10.5. The summed E-state index contributed by atoms with van der Waals surface area (Å²) in [5, 5.41) is 15.9. The standard InChI is InChI=1S/C57H39N5/c58-55(41-21-8-3-9-22-41)54(40-19-6-2-7-20-40)56-46-26-11-10-23-42(46)36-49(59-56)43-24-16-25-44(35-43)57-60-50(38-17-4-1-5-18-38)37-51(61-57)39-31-33-45(34-32-39)62-52-29-14-12-27-47(52)48-28-13-15-30-53(48)62/h1-37,58-59H/b56-54-,58-55?. The van der Waals surface area contributed by atoms with Gasteiger partial charge in [0.15, 0.2) is 5.82 Å². The smallest absolute Gasteiger partial charge is 0.160 e. The molecule has 3 heterocycles. The summed E-state index contributed by atoms with van der Waals surface area (Å²) in [5.74, 6) is 0.637. The van der Waals surface area contributed by atoms with E-state index in [0.717, 1.165) is 78.6 Å². The van der Waals surface area contributed by atoms with Crippen LogP contribution >= 0.6 is 0 Å². The second-order valence-electron chi connectivity index (χ2n) is 15.5. The van der Waals surface area contributed by atoms with Gasteiger partial charge in [0, 0.05) is 55.5 Å². The van der Waals surface area contributed by atoms with E-state index in [9.17, 15) is 5.41 Å². The molecule has 10 aromatic rings. The quantitative estimate of drug-likeness (QED) is 0.151. The molecule has 1 aliphatic heterocycles. The number of nitrogens with one attached hydrogen (secondary N) is 2. The van der Waals surface area contributed by atoms with Crippen molar-refractivity contribution in [2.24, 2.45) is 0 Å². The fraction of sp³-hybridized carbons (Fsp3) is 0. The predicted molar refractivity (Wildman–Crippen MR) is 257 cm³/mol. The van der Waals surface area contributed by atoms with Crippen LogP contribution in [-0.2, 0) is 0 Å². The van der Waals surface area contributed by atoms with Crippen LogP contribution < -0.4 is 5.32 Å². The van der Waals surface area contributed by atoms with Crippen molar-refractivity contribution in [1.82, 2.24) is 19.9 Å². The number of nitrogens with zero attached hydrogens (tertiary/aromatic N) is 3. The van der Waals surface area contributed by atoms with Crippen LogP contribution in [0.5, 0.6) is 0 Å². The Balaban J connectivity index is 1.01. The van der Waals surface area contributed by atoms with Crippen molar-refractivity contribution in [3.05, 3.63) is 246 Å². The van der Waals surface area contributed by atoms with E-state index in [-0.39, 0.29) is 0 Å². The molecule has 0 unspecified atom stereocenters. The van der Waals surface area contributed by atoms with Gasteiger partial charge in [-0.3, -0.25) is 5.41 Å². The van der Waals surface area contributed by atoms with Gasteiger partial charge in [-0.25, -0.2) is 9.97 Å². The number of allylic oxidation sites excluding steroid dienone is 1. The first-order valence-electron chi connectivity index (χ1n) is 20.8. The Morgan fingerprint density at radius 3 is 1.66 bits per heavy atom. The molecule has 0 radical (unpaired) electrons. The van der Waals surface area contributed by atoms with Gasteiger partial charge in [-0.1, -0.05) is 182 Å². The van der Waals surface area contributed by atoms with Gasteiger partial charge in [0.25, 0.3) is 0 Å². The van der Waals surface area contributed by atoms with Crippen molar-refractivity contribution in [3.8, 4) is 39.6 Å². The Morgan fingerprint density at radius 1 is 0.452 bits per heavy atom. The Kier molecular flexibility index (Phi) is 9.25. The monoisotopic (exact) mass is 793 g/mol. The topological polar surface area (TPSA) is 66.6 Å². The first-order valence-corrected chi connectivity index (χ1v) is 20.8. The maximum absolute atomic E-state index is 9.58. The molecule has 11 rings (SSSR count). The second-order valence-corrected chi connectivity index (χ2v) is 15.5. The van der Waals surface area contributed by atoms with E-state index in [1.807, 2.05) is 66.7 Å². The fourth-order valence-corrected chi connectivity index (χ4v) is 8.65. The van der Waals surface area contributed by atoms with Crippen LogP contribution in [0.1, 0.15) is 27.8 Å². The van der Waals surface area contributed by atoms with Gasteiger partial charge < -0.3 is 9.88 Å². The lowest BCUT2D eigenvalue weighted by Crippen LogP contribution is -2.20. The lowest BCUT2D eigenvalue weighted by molar-refractivity contribution is 1.17. The highest BCUT2D eigenvalue weighted by Crippen LogP contribution is 2.38. The molecule has 0 saturated carbocycles. The van der Waals surface area contributed by atoms with Gasteiger partial charge in [-0.2, -0.15) is 0 Å². The van der Waals surface area contributed by atoms with Crippen molar-refractivity contribution in [2.45, 2.75) is 0 Å². The zero-order chi connectivity index (χ0) is 41.4. The molecule has 0 fully saturated rings. The van der Waals surface area contributed by atoms with Gasteiger partial charge in [-0.15, -0.1) is 0 Å². The maximum atomic E-state index is 9.58. The molecule has 8 aromatic carbocycles. The number of fused-ring (bicyclic) bond motifs is 4. The molecule has 1 aliphatic rings. The van der Waals surface area contributed by atoms with E-state index in [2.05, 4.69) is 168 Å². The molecule has 5 heteroatoms. The van der Waals surface area contributed by atoms with Crippen molar-refractivity contribution in [1.29, 1.82) is 5.41 Å². The molecule has 0 bridgehead atoms. The number of para-hydroxylation sites is 2. The molecule has 0 aliphatic carbocycles. The Labute approximate surface area is 360 Å². The third-order valence-electron chi connectivity index (χ3n) is 11.6. The van der Waals surface area contributed by atoms with Crippen molar-refractivity contribution in [3.63, 3.8) is 0 Å². The zero-order valence-corrected chi connectivity index (χ0v) is 33.7. The third kappa shape index (κ3) is 6.68. The van der Waals surface area contributed by atoms with E-state index in [0.29, 0.717) is 11.5 Å². The molecule has 0 amide bonds. The average Bonchev–Trinajstić information content (AvgIpc) is 3.69. The van der Waals surface area contributed by atoms with Crippen LogP contribution in [0.3, 0.4) is 0 Å². The molecule has 292 valence electrons. The number of hydrogen-bond donors (Lipinski definition) is 2. The lowest BCUT2D eigenvalue weighted by Gasteiger charge is -2.26. The SMILES string of the molecule is N=C(/C(=C1\NC(c2cccc(-c3nc(-c4ccccc4)cc(-c4ccc(-n5c6ccccc6c6ccccc65)cc4)n3)c2)=Cc2ccccc21)c1ccccc1)c1ccccc1. The lowest BCUT2D eigenvalue weighted by atomic mass is 9.88. The minimum absolute atomic E-state index is 0.450. The average molecular weight is 794 g/mol. The highest BCUT2D eigenvalue weighted by molar-refractivity contribution is 6.36. The Bertz CT molecular complexity index is 3310. The van der Waals surface area contributed by atoms with Crippen LogP contribution in [0.4, 0.5) is 0 Å². The fourth-order valence-electron chi connectivity index (χ4n) is 8.65. The molecule has 5 nitrogen and oxygen atoms in total. The van der Waals surface area contributed by atoms with Gasteiger partial charge in [0.2, 0.25) is 0 Å². The first kappa shape index (κ1) is 36.7. The highest BCUT2D eigenvalue weighted by atomic mass is 15.0. The Morgan fingerprint density at radius 2 is 0.984 bits per heavy atom. The van der Waals surface area contributed by atoms with Crippen molar-refractivity contribution >= 4 is 50.6 Å². The predicted octanol–water partition coefficient (Wildman–Crippen LogP) is 13.6. The highest BCUT2D eigenvalue weighted by Gasteiger charge is 2.24. The minimum Gasteiger partial charge on any atom is -0.354 e. The van der Waals surface area contributed by atoms with E-state index >= 15 is 0 Å². The summed E-state index contributed by atoms with van der Waals surface area (Å²) in [6.07, 6.45) is 2.19. The zero-order valence-electron chi connectivity index (χ0n) is 33.7. The molecule has 62 heavy (non-hydrogen) atoms. The third-order valence-corrected chi connectivity index (χ3v) is 11.6. The largest absolute Gasteiger partial charge is 0.354 e. The summed E-state index contributed by atoms with van der Waals surface area (Å²) in [5.41, 5.74) is 16.1. The van der Waals surface area contributed by atoms with Crippen LogP contribution in [0.2, 0.25) is 0 Å². The summed E-state index contributed by atoms with van der Waals surface area (Å²) in [6, 6.07) is 75.3. The van der Waals surface area contributed by atoms with Crippen molar-refractivity contribution < 1.29 is 0 Å². The summed E-state index contributed by atoms with van der Waals surface area (Å²) in [7, 11) is 0. The summed E-state index contributed by atoms with van der Waals surface area (Å²) in [6.45, 7) is 0. The summed E-state index contributed by atoms with van der Waals surface area (Å²) < 4.78 is 2.33. The van der Waals surface area contributed by atoms with Crippen molar-refractivity contribution in [2.75, 3.05) is 0 Å². The minimum atomic E-state index is 0.450. The number of benzene rings is 8. The summed E-state index contributed by atoms with van der Waals surface area (Å²) >= 11 is 0. The molecular formula is C57H39N5. The van der Waals surface area contributed by atoms with Crippen LogP contribution in [-0.4, -0.2) is 20.2 Å². The molecule has 0 spiro atoms. The normalized spacial score (nSPS) is 13.0. The first-order chi connectivity index (χ1) is 30.7. The second kappa shape index (κ2) is 15.6. The van der Waals surface area contributed by atoms with E-state index < -0.39 is 0 Å². The molecule has 2 aromatic heterocycles. The van der Waals surface area contributed by atoms with E-state index in [1.165, 1.54) is 21.8 Å². The van der Waals surface area contributed by atoms with Gasteiger partial charge >= 0.3 is 0 Å². The molecule has 0 saturated heterocycles. The molecule has 2 N–H and O–H groups in total. The molecule has 0 atom stereocenters. The van der Waals surface area contributed by atoms with E-state index in [1.54, 1.807) is 0 Å². The van der Waals surface area contributed by atoms with Gasteiger partial charge in [-0.05, 0) is 59.2 Å². The maximum Gasteiger partial charge on any atom is 0.160 e. The van der Waals surface area contributed by atoms with Crippen LogP contribution in [0.15, 0.2) is 218 Å². The Hall–Kier alpha value is -8.41. The van der Waals surface area contributed by atoms with Crippen LogP contribution in [0, 0.1) is 5.41 Å². The number of rotatable bonds is 8. The number of hydrogen-bond acceptors (Lipinski definition) is 4. The van der Waals surface area contributed by atoms with Crippen LogP contribution in [0.25, 0.3) is 84.4 Å².